The van der Waals surface area contributed by atoms with Crippen molar-refractivity contribution in [3.05, 3.63) is 59.7 Å². The molecule has 2 N–H and O–H groups in total. The molecule has 6 nitrogen and oxygen atoms in total. The number of nitrogens with one attached hydrogen (secondary N) is 1. The fourth-order valence-electron chi connectivity index (χ4n) is 2.43. The number of rotatable bonds is 8. The summed E-state index contributed by atoms with van der Waals surface area (Å²) >= 11 is 0. The lowest BCUT2D eigenvalue weighted by Crippen LogP contribution is -2.30. The van der Waals surface area contributed by atoms with Crippen LogP contribution < -0.4 is 9.46 Å². The molecule has 26 heavy (non-hydrogen) atoms. The molecule has 2 rings (SSSR count). The summed E-state index contributed by atoms with van der Waals surface area (Å²) in [5, 5.41) is 9.16. The average Bonchev–Trinajstić information content (AvgIpc) is 2.54. The van der Waals surface area contributed by atoms with Gasteiger partial charge in [0.05, 0.1) is 23.5 Å². The lowest BCUT2D eigenvalue weighted by Gasteiger charge is -2.18. The summed E-state index contributed by atoms with van der Waals surface area (Å²) in [5.74, 6) is -0.455. The van der Waals surface area contributed by atoms with E-state index in [0.717, 1.165) is 5.56 Å². The van der Waals surface area contributed by atoms with Crippen molar-refractivity contribution in [3.8, 4) is 5.75 Å². The highest BCUT2D eigenvalue weighted by Crippen LogP contribution is 2.23. The Bertz CT molecular complexity index is 843. The average molecular weight is 377 g/mol. The summed E-state index contributed by atoms with van der Waals surface area (Å²) < 4.78 is 33.2. The third kappa shape index (κ3) is 5.57. The van der Waals surface area contributed by atoms with Crippen molar-refractivity contribution >= 4 is 16.0 Å². The fraction of sp³-hybridized carbons (Fsp3) is 0.316. The number of carboxylic acid groups (broad SMARTS) is 1. The van der Waals surface area contributed by atoms with E-state index in [9.17, 15) is 13.2 Å². The molecule has 0 radical (unpaired) electrons. The van der Waals surface area contributed by atoms with Gasteiger partial charge in [0.25, 0.3) is 0 Å². The Morgan fingerprint density at radius 2 is 1.65 bits per heavy atom. The van der Waals surface area contributed by atoms with Crippen LogP contribution in [0, 0.1) is 6.92 Å². The van der Waals surface area contributed by atoms with Crippen molar-refractivity contribution in [2.24, 2.45) is 0 Å². The largest absolute Gasteiger partial charge is 0.491 e. The monoisotopic (exact) mass is 377 g/mol. The van der Waals surface area contributed by atoms with Crippen molar-refractivity contribution in [3.63, 3.8) is 0 Å². The molecule has 0 saturated carbocycles. The predicted molar refractivity (Wildman–Crippen MR) is 98.7 cm³/mol. The highest BCUT2D eigenvalue weighted by molar-refractivity contribution is 7.89. The zero-order valence-electron chi connectivity index (χ0n) is 15.0. The summed E-state index contributed by atoms with van der Waals surface area (Å²) in [7, 11) is -3.84. The first kappa shape index (κ1) is 19.9. The molecule has 0 aromatic heterocycles. The van der Waals surface area contributed by atoms with Gasteiger partial charge >= 0.3 is 5.97 Å². The first-order valence-corrected chi connectivity index (χ1v) is 9.73. The van der Waals surface area contributed by atoms with Gasteiger partial charge in [-0.05, 0) is 50.6 Å². The number of hydrogen-bond donors (Lipinski definition) is 2. The van der Waals surface area contributed by atoms with Crippen LogP contribution in [0.3, 0.4) is 0 Å². The first-order valence-electron chi connectivity index (χ1n) is 8.25. The summed E-state index contributed by atoms with van der Waals surface area (Å²) in [6.07, 6.45) is -0.356. The van der Waals surface area contributed by atoms with Gasteiger partial charge in [-0.1, -0.05) is 29.8 Å². The molecule has 0 aliphatic carbocycles. The lowest BCUT2D eigenvalue weighted by molar-refractivity contribution is -0.137. The number of hydrogen-bond acceptors (Lipinski definition) is 4. The minimum atomic E-state index is -3.84. The number of aliphatic carboxylic acids is 1. The Morgan fingerprint density at radius 3 is 2.15 bits per heavy atom. The Morgan fingerprint density at radius 1 is 1.08 bits per heavy atom. The van der Waals surface area contributed by atoms with Crippen LogP contribution in [0.15, 0.2) is 53.4 Å². The molecule has 0 aliphatic rings. The van der Waals surface area contributed by atoms with Crippen molar-refractivity contribution < 1.29 is 23.1 Å². The molecule has 0 spiro atoms. The second-order valence-corrected chi connectivity index (χ2v) is 8.03. The van der Waals surface area contributed by atoms with E-state index < -0.39 is 22.0 Å². The summed E-state index contributed by atoms with van der Waals surface area (Å²) in [4.78, 5) is 11.3. The molecule has 0 saturated heterocycles. The maximum Gasteiger partial charge on any atom is 0.305 e. The molecule has 0 aliphatic heterocycles. The number of sulfonamides is 1. The van der Waals surface area contributed by atoms with Gasteiger partial charge in [-0.3, -0.25) is 4.79 Å². The molecule has 7 heteroatoms. The predicted octanol–water partition coefficient (Wildman–Crippen LogP) is 3.28. The second kappa shape index (κ2) is 8.33. The molecule has 2 aromatic rings. The van der Waals surface area contributed by atoms with E-state index in [-0.39, 0.29) is 17.4 Å². The zero-order valence-corrected chi connectivity index (χ0v) is 15.8. The van der Waals surface area contributed by atoms with Crippen LogP contribution in [0.4, 0.5) is 0 Å². The molecular formula is C19H23NO5S. The van der Waals surface area contributed by atoms with Gasteiger partial charge in [-0.2, -0.15) is 0 Å². The van der Waals surface area contributed by atoms with E-state index in [2.05, 4.69) is 4.72 Å². The van der Waals surface area contributed by atoms with E-state index in [1.54, 1.807) is 36.4 Å². The first-order chi connectivity index (χ1) is 12.2. The maximum atomic E-state index is 12.6. The fourth-order valence-corrected chi connectivity index (χ4v) is 3.65. The van der Waals surface area contributed by atoms with Gasteiger partial charge in [-0.25, -0.2) is 13.1 Å². The third-order valence-corrected chi connectivity index (χ3v) is 5.15. The summed E-state index contributed by atoms with van der Waals surface area (Å²) in [6, 6.07) is 12.2. The van der Waals surface area contributed by atoms with Crippen LogP contribution in [0.5, 0.6) is 5.75 Å². The van der Waals surface area contributed by atoms with Crippen LogP contribution in [0.2, 0.25) is 0 Å². The van der Waals surface area contributed by atoms with Crippen molar-refractivity contribution in [1.82, 2.24) is 4.72 Å². The van der Waals surface area contributed by atoms with Crippen LogP contribution in [-0.4, -0.2) is 25.6 Å². The van der Waals surface area contributed by atoms with E-state index in [4.69, 9.17) is 9.84 Å². The topological polar surface area (TPSA) is 92.7 Å². The van der Waals surface area contributed by atoms with Crippen LogP contribution in [0.25, 0.3) is 0 Å². The molecule has 140 valence electrons. The maximum absolute atomic E-state index is 12.6. The van der Waals surface area contributed by atoms with Gasteiger partial charge in [0, 0.05) is 0 Å². The standard InChI is InChI=1S/C19H23NO5S/c1-13(2)25-16-8-6-15(7-9-16)18(12-19(21)22)20-26(23,24)17-10-4-14(3)5-11-17/h4-11,13,18,20H,12H2,1-3H3,(H,21,22)/t18-/m0/s1. The zero-order chi connectivity index (χ0) is 19.3. The summed E-state index contributed by atoms with van der Waals surface area (Å²) in [6.45, 7) is 5.66. The highest BCUT2D eigenvalue weighted by atomic mass is 32.2. The quantitative estimate of drug-likeness (QED) is 0.736. The smallest absolute Gasteiger partial charge is 0.305 e. The van der Waals surface area contributed by atoms with Gasteiger partial charge in [0.2, 0.25) is 10.0 Å². The van der Waals surface area contributed by atoms with E-state index in [0.29, 0.717) is 11.3 Å². The SMILES string of the molecule is Cc1ccc(S(=O)(=O)N[C@@H](CC(=O)O)c2ccc(OC(C)C)cc2)cc1. The van der Waals surface area contributed by atoms with Gasteiger partial charge < -0.3 is 9.84 Å². The normalized spacial score (nSPS) is 12.8. The minimum Gasteiger partial charge on any atom is -0.491 e. The number of carboxylic acids is 1. The lowest BCUT2D eigenvalue weighted by atomic mass is 10.0. The number of benzene rings is 2. The number of ether oxygens (including phenoxy) is 1. The highest BCUT2D eigenvalue weighted by Gasteiger charge is 2.23. The Labute approximate surface area is 153 Å². The van der Waals surface area contributed by atoms with Crippen molar-refractivity contribution in [2.75, 3.05) is 0 Å². The Balaban J connectivity index is 2.26. The van der Waals surface area contributed by atoms with Crippen LogP contribution in [-0.2, 0) is 14.8 Å². The number of carbonyl (C=O) groups is 1. The van der Waals surface area contributed by atoms with Crippen molar-refractivity contribution in [1.29, 1.82) is 0 Å². The molecule has 0 fully saturated rings. The third-order valence-electron chi connectivity index (χ3n) is 3.66. The van der Waals surface area contributed by atoms with Crippen LogP contribution >= 0.6 is 0 Å². The van der Waals surface area contributed by atoms with Crippen LogP contribution in [0.1, 0.15) is 37.4 Å². The van der Waals surface area contributed by atoms with Gasteiger partial charge in [-0.15, -0.1) is 0 Å². The molecule has 0 bridgehead atoms. The molecular weight excluding hydrogens is 354 g/mol. The van der Waals surface area contributed by atoms with Gasteiger partial charge in [0.1, 0.15) is 5.75 Å². The minimum absolute atomic E-state index is 0.00991. The molecule has 2 aromatic carbocycles. The van der Waals surface area contributed by atoms with Crippen molar-refractivity contribution in [2.45, 2.75) is 44.2 Å². The molecule has 1 atom stereocenters. The number of aryl methyl sites for hydroxylation is 1. The van der Waals surface area contributed by atoms with E-state index in [1.807, 2.05) is 20.8 Å². The molecule has 0 amide bonds. The van der Waals surface area contributed by atoms with E-state index >= 15 is 0 Å². The molecule has 0 heterocycles. The Hall–Kier alpha value is -2.38. The van der Waals surface area contributed by atoms with Gasteiger partial charge in [0.15, 0.2) is 0 Å². The Kier molecular flexibility index (Phi) is 6.39. The second-order valence-electron chi connectivity index (χ2n) is 6.32. The molecule has 0 unspecified atom stereocenters. The van der Waals surface area contributed by atoms with E-state index in [1.165, 1.54) is 12.1 Å². The summed E-state index contributed by atoms with van der Waals surface area (Å²) in [5.41, 5.74) is 1.49.